The smallest absolute Gasteiger partial charge is 0.367 e. The molecule has 0 fully saturated rings. The molecule has 0 bridgehead atoms. The Morgan fingerprint density at radius 1 is 1.50 bits per heavy atom. The van der Waals surface area contributed by atoms with Gasteiger partial charge in [-0.1, -0.05) is 11.8 Å². The SMILES string of the molecule is CCOC(=O)c1nc(C)c(CSC(C)=O)s1. The molecule has 0 unspecified atom stereocenters. The quantitative estimate of drug-likeness (QED) is 0.777. The molecule has 6 heteroatoms. The molecule has 0 aliphatic rings. The molecule has 0 saturated heterocycles. The third-order valence-corrected chi connectivity index (χ3v) is 3.91. The molecule has 1 heterocycles. The van der Waals surface area contributed by atoms with Crippen LogP contribution in [0.3, 0.4) is 0 Å². The van der Waals surface area contributed by atoms with Gasteiger partial charge in [0.05, 0.1) is 12.3 Å². The lowest BCUT2D eigenvalue weighted by atomic mass is 10.4. The average molecular weight is 259 g/mol. The van der Waals surface area contributed by atoms with Crippen molar-refractivity contribution >= 4 is 34.2 Å². The second kappa shape index (κ2) is 6.00. The minimum Gasteiger partial charge on any atom is -0.461 e. The number of thiazole rings is 1. The number of hydrogen-bond acceptors (Lipinski definition) is 6. The monoisotopic (exact) mass is 259 g/mol. The topological polar surface area (TPSA) is 56.3 Å². The number of carbonyl (C=O) groups excluding carboxylic acids is 2. The van der Waals surface area contributed by atoms with E-state index in [1.54, 1.807) is 6.92 Å². The first-order chi connectivity index (χ1) is 7.54. The fraction of sp³-hybridized carbons (Fsp3) is 0.500. The van der Waals surface area contributed by atoms with Crippen LogP contribution in [-0.2, 0) is 15.3 Å². The Balaban J connectivity index is 2.73. The maximum atomic E-state index is 11.4. The third kappa shape index (κ3) is 3.61. The molecule has 0 aliphatic heterocycles. The summed E-state index contributed by atoms with van der Waals surface area (Å²) < 4.78 is 4.86. The van der Waals surface area contributed by atoms with Crippen LogP contribution in [0.5, 0.6) is 0 Å². The van der Waals surface area contributed by atoms with Crippen LogP contribution in [0, 0.1) is 6.92 Å². The van der Waals surface area contributed by atoms with Crippen LogP contribution in [0.25, 0.3) is 0 Å². The van der Waals surface area contributed by atoms with Crippen LogP contribution in [-0.4, -0.2) is 22.7 Å². The highest BCUT2D eigenvalue weighted by molar-refractivity contribution is 8.12. The first-order valence-electron chi connectivity index (χ1n) is 4.81. The summed E-state index contributed by atoms with van der Waals surface area (Å²) in [4.78, 5) is 27.3. The van der Waals surface area contributed by atoms with E-state index < -0.39 is 5.97 Å². The standard InChI is InChI=1S/C10H13NO3S2/c1-4-14-10(13)9-11-6(2)8(16-9)5-15-7(3)12/h4-5H2,1-3H3. The molecule has 0 atom stereocenters. The zero-order chi connectivity index (χ0) is 12.1. The van der Waals surface area contributed by atoms with Gasteiger partial charge in [-0.2, -0.15) is 0 Å². The molecule has 0 radical (unpaired) electrons. The van der Waals surface area contributed by atoms with Crippen LogP contribution < -0.4 is 0 Å². The van der Waals surface area contributed by atoms with Gasteiger partial charge in [0.2, 0.25) is 5.01 Å². The number of aryl methyl sites for hydroxylation is 1. The van der Waals surface area contributed by atoms with E-state index in [-0.39, 0.29) is 5.12 Å². The van der Waals surface area contributed by atoms with Gasteiger partial charge < -0.3 is 4.74 Å². The van der Waals surface area contributed by atoms with Crippen LogP contribution in [0.4, 0.5) is 0 Å². The highest BCUT2D eigenvalue weighted by Gasteiger charge is 2.15. The van der Waals surface area contributed by atoms with Gasteiger partial charge in [-0.15, -0.1) is 11.3 Å². The van der Waals surface area contributed by atoms with E-state index in [0.29, 0.717) is 17.4 Å². The van der Waals surface area contributed by atoms with E-state index in [4.69, 9.17) is 4.74 Å². The summed E-state index contributed by atoms with van der Waals surface area (Å²) in [5, 5.41) is 0.420. The maximum Gasteiger partial charge on any atom is 0.367 e. The molecule has 1 aromatic heterocycles. The van der Waals surface area contributed by atoms with Crippen molar-refractivity contribution in [1.29, 1.82) is 0 Å². The Morgan fingerprint density at radius 3 is 2.75 bits per heavy atom. The first kappa shape index (κ1) is 13.2. The maximum absolute atomic E-state index is 11.4. The number of aromatic nitrogens is 1. The molecular weight excluding hydrogens is 246 g/mol. The van der Waals surface area contributed by atoms with Gasteiger partial charge in [-0.25, -0.2) is 9.78 Å². The largest absolute Gasteiger partial charge is 0.461 e. The fourth-order valence-electron chi connectivity index (χ4n) is 1.01. The zero-order valence-electron chi connectivity index (χ0n) is 9.40. The Morgan fingerprint density at radius 2 is 2.19 bits per heavy atom. The van der Waals surface area contributed by atoms with E-state index in [1.807, 2.05) is 6.92 Å². The highest BCUT2D eigenvalue weighted by Crippen LogP contribution is 2.24. The fourth-order valence-corrected chi connectivity index (χ4v) is 2.72. The normalized spacial score (nSPS) is 10.2. The van der Waals surface area contributed by atoms with Crippen molar-refractivity contribution in [2.45, 2.75) is 26.5 Å². The summed E-state index contributed by atoms with van der Waals surface area (Å²) >= 11 is 2.51. The Hall–Kier alpha value is -0.880. The summed E-state index contributed by atoms with van der Waals surface area (Å²) in [7, 11) is 0. The average Bonchev–Trinajstić information content (AvgIpc) is 2.57. The molecule has 0 saturated carbocycles. The van der Waals surface area contributed by atoms with Gasteiger partial charge in [0.25, 0.3) is 0 Å². The van der Waals surface area contributed by atoms with Crippen molar-refractivity contribution in [3.05, 3.63) is 15.6 Å². The van der Waals surface area contributed by atoms with Crippen molar-refractivity contribution < 1.29 is 14.3 Å². The lowest BCUT2D eigenvalue weighted by molar-refractivity contribution is -0.109. The molecule has 0 N–H and O–H groups in total. The summed E-state index contributed by atoms with van der Waals surface area (Å²) in [6, 6.07) is 0. The lowest BCUT2D eigenvalue weighted by Gasteiger charge is -1.95. The van der Waals surface area contributed by atoms with Gasteiger partial charge in [-0.05, 0) is 13.8 Å². The van der Waals surface area contributed by atoms with Gasteiger partial charge >= 0.3 is 5.97 Å². The molecule has 0 spiro atoms. The van der Waals surface area contributed by atoms with E-state index in [9.17, 15) is 9.59 Å². The highest BCUT2D eigenvalue weighted by atomic mass is 32.2. The van der Waals surface area contributed by atoms with Gasteiger partial charge in [0, 0.05) is 17.6 Å². The van der Waals surface area contributed by atoms with Gasteiger partial charge in [-0.3, -0.25) is 4.79 Å². The summed E-state index contributed by atoms with van der Waals surface area (Å²) in [6.45, 7) is 5.45. The van der Waals surface area contributed by atoms with Crippen LogP contribution in [0.15, 0.2) is 0 Å². The number of thioether (sulfide) groups is 1. The predicted molar refractivity (Wildman–Crippen MR) is 64.8 cm³/mol. The number of rotatable bonds is 4. The Labute approximate surface area is 102 Å². The Bertz CT molecular complexity index is 401. The number of ether oxygens (including phenoxy) is 1. The van der Waals surface area contributed by atoms with Crippen LogP contribution >= 0.6 is 23.1 Å². The van der Waals surface area contributed by atoms with E-state index in [0.717, 1.165) is 10.6 Å². The van der Waals surface area contributed by atoms with Crippen molar-refractivity contribution in [2.24, 2.45) is 0 Å². The van der Waals surface area contributed by atoms with E-state index >= 15 is 0 Å². The van der Waals surface area contributed by atoms with Crippen molar-refractivity contribution in [1.82, 2.24) is 4.98 Å². The first-order valence-corrected chi connectivity index (χ1v) is 6.61. The predicted octanol–water partition coefficient (Wildman–Crippen LogP) is 2.41. The second-order valence-electron chi connectivity index (χ2n) is 3.03. The molecule has 0 amide bonds. The molecule has 88 valence electrons. The molecule has 0 aromatic carbocycles. The third-order valence-electron chi connectivity index (χ3n) is 1.75. The van der Waals surface area contributed by atoms with Gasteiger partial charge in [0.1, 0.15) is 0 Å². The van der Waals surface area contributed by atoms with Crippen LogP contribution in [0.2, 0.25) is 0 Å². The minimum absolute atomic E-state index is 0.0606. The van der Waals surface area contributed by atoms with E-state index in [1.165, 1.54) is 30.0 Å². The van der Waals surface area contributed by atoms with Crippen molar-refractivity contribution in [2.75, 3.05) is 6.61 Å². The lowest BCUT2D eigenvalue weighted by Crippen LogP contribution is -2.03. The summed E-state index contributed by atoms with van der Waals surface area (Å²) in [5.74, 6) is 0.174. The van der Waals surface area contributed by atoms with Crippen molar-refractivity contribution in [3.63, 3.8) is 0 Å². The molecule has 1 aromatic rings. The van der Waals surface area contributed by atoms with Crippen LogP contribution in [0.1, 0.15) is 34.2 Å². The molecule has 4 nitrogen and oxygen atoms in total. The zero-order valence-corrected chi connectivity index (χ0v) is 11.0. The second-order valence-corrected chi connectivity index (χ2v) is 5.26. The summed E-state index contributed by atoms with van der Waals surface area (Å²) in [6.07, 6.45) is 0. The molecule has 1 rings (SSSR count). The number of carbonyl (C=O) groups is 2. The number of hydrogen-bond donors (Lipinski definition) is 0. The van der Waals surface area contributed by atoms with Gasteiger partial charge in [0.15, 0.2) is 5.12 Å². The number of esters is 1. The molecule has 0 aliphatic carbocycles. The van der Waals surface area contributed by atoms with E-state index in [2.05, 4.69) is 4.98 Å². The van der Waals surface area contributed by atoms with Crippen molar-refractivity contribution in [3.8, 4) is 0 Å². The Kier molecular flexibility index (Phi) is 4.95. The summed E-state index contributed by atoms with van der Waals surface area (Å²) in [5.41, 5.74) is 0.793. The minimum atomic E-state index is -0.394. The molecular formula is C10H13NO3S2. The molecule has 16 heavy (non-hydrogen) atoms. The number of nitrogens with zero attached hydrogens (tertiary/aromatic N) is 1.